The number of aromatic nitrogens is 1. The molecule has 0 saturated carbocycles. The smallest absolute Gasteiger partial charge is 0.240 e. The van der Waals surface area contributed by atoms with Gasteiger partial charge in [0, 0.05) is 35.4 Å². The third-order valence-electron chi connectivity index (χ3n) is 3.99. The van der Waals surface area contributed by atoms with Gasteiger partial charge in [0.05, 0.1) is 6.10 Å². The van der Waals surface area contributed by atoms with E-state index >= 15 is 0 Å². The fourth-order valence-corrected chi connectivity index (χ4v) is 2.73. The molecule has 0 aliphatic carbocycles. The van der Waals surface area contributed by atoms with Crippen LogP contribution in [0.25, 0.3) is 10.9 Å². The molecule has 1 heterocycles. The Morgan fingerprint density at radius 2 is 1.96 bits per heavy atom. The average Bonchev–Trinajstić information content (AvgIpc) is 3.03. The first-order valence-corrected chi connectivity index (χ1v) is 7.77. The summed E-state index contributed by atoms with van der Waals surface area (Å²) in [6.07, 6.45) is 2.43. The van der Waals surface area contributed by atoms with Crippen molar-refractivity contribution in [2.45, 2.75) is 12.6 Å². The summed E-state index contributed by atoms with van der Waals surface area (Å²) in [5.41, 5.74) is 2.51. The predicted molar refractivity (Wildman–Crippen MR) is 94.2 cm³/mol. The number of nitrogens with one attached hydrogen (secondary N) is 2. The lowest BCUT2D eigenvalue weighted by Crippen LogP contribution is -2.31. The number of carbonyl (C=O) groups excluding carboxylic acids is 1. The summed E-state index contributed by atoms with van der Waals surface area (Å²) < 4.78 is 1.84. The maximum atomic E-state index is 12.2. The Kier molecular flexibility index (Phi) is 4.72. The number of benzene rings is 2. The van der Waals surface area contributed by atoms with Crippen molar-refractivity contribution in [2.75, 3.05) is 6.54 Å². The molecule has 24 heavy (non-hydrogen) atoms. The number of hydrogen-bond acceptors (Lipinski definition) is 3. The molecule has 1 atom stereocenters. The highest BCUT2D eigenvalue weighted by molar-refractivity contribution is 5.98. The first-order valence-electron chi connectivity index (χ1n) is 7.77. The number of nitrogens with zero attached hydrogens (tertiary/aromatic N) is 1. The van der Waals surface area contributed by atoms with Crippen LogP contribution < -0.4 is 5.32 Å². The summed E-state index contributed by atoms with van der Waals surface area (Å²) in [6, 6.07) is 16.8. The van der Waals surface area contributed by atoms with Crippen LogP contribution in [0, 0.1) is 5.41 Å². The minimum atomic E-state index is -0.721. The van der Waals surface area contributed by atoms with Gasteiger partial charge in [-0.3, -0.25) is 4.79 Å². The van der Waals surface area contributed by atoms with E-state index in [0.29, 0.717) is 0 Å². The van der Waals surface area contributed by atoms with Crippen LogP contribution in [0.15, 0.2) is 60.8 Å². The van der Waals surface area contributed by atoms with Gasteiger partial charge in [0.25, 0.3) is 0 Å². The molecular weight excluding hydrogens is 302 g/mol. The molecule has 0 spiro atoms. The number of aliphatic hydroxyl groups is 1. The van der Waals surface area contributed by atoms with E-state index in [1.807, 2.05) is 65.4 Å². The highest BCUT2D eigenvalue weighted by atomic mass is 16.3. The van der Waals surface area contributed by atoms with Gasteiger partial charge in [0.1, 0.15) is 6.54 Å². The first kappa shape index (κ1) is 16.0. The molecule has 1 aromatic heterocycles. The molecule has 3 N–H and O–H groups in total. The fourth-order valence-electron chi connectivity index (χ4n) is 2.73. The lowest BCUT2D eigenvalue weighted by molar-refractivity contribution is -0.122. The van der Waals surface area contributed by atoms with Crippen molar-refractivity contribution >= 4 is 23.0 Å². The topological polar surface area (TPSA) is 78.1 Å². The van der Waals surface area contributed by atoms with Gasteiger partial charge >= 0.3 is 0 Å². The molecule has 0 radical (unpaired) electrons. The standard InChI is InChI=1S/C19H19N3O2/c20-11-15-7-4-8-17-16(15)9-10-22(17)13-19(24)21-12-18(23)14-5-2-1-3-6-14/h1-11,18,20,23H,12-13H2,(H,21,24). The van der Waals surface area contributed by atoms with E-state index in [4.69, 9.17) is 5.41 Å². The summed E-state index contributed by atoms with van der Waals surface area (Å²) in [7, 11) is 0. The normalized spacial score (nSPS) is 12.0. The Hall–Kier alpha value is -2.92. The Morgan fingerprint density at radius 3 is 2.71 bits per heavy atom. The van der Waals surface area contributed by atoms with Gasteiger partial charge in [-0.1, -0.05) is 42.5 Å². The van der Waals surface area contributed by atoms with Gasteiger partial charge in [0.15, 0.2) is 0 Å². The monoisotopic (exact) mass is 321 g/mol. The Morgan fingerprint density at radius 1 is 1.17 bits per heavy atom. The summed E-state index contributed by atoms with van der Waals surface area (Å²) >= 11 is 0. The van der Waals surface area contributed by atoms with Crippen molar-refractivity contribution < 1.29 is 9.90 Å². The fraction of sp³-hybridized carbons (Fsp3) is 0.158. The highest BCUT2D eigenvalue weighted by Gasteiger charge is 2.11. The van der Waals surface area contributed by atoms with E-state index in [2.05, 4.69) is 5.32 Å². The zero-order valence-corrected chi connectivity index (χ0v) is 13.1. The van der Waals surface area contributed by atoms with Gasteiger partial charge in [0.2, 0.25) is 5.91 Å². The zero-order chi connectivity index (χ0) is 16.9. The average molecular weight is 321 g/mol. The first-order chi connectivity index (χ1) is 11.7. The summed E-state index contributed by atoms with van der Waals surface area (Å²) in [6.45, 7) is 0.347. The lowest BCUT2D eigenvalue weighted by atomic mass is 10.1. The van der Waals surface area contributed by atoms with Crippen LogP contribution in [0.4, 0.5) is 0 Å². The second kappa shape index (κ2) is 7.10. The number of fused-ring (bicyclic) bond motifs is 1. The zero-order valence-electron chi connectivity index (χ0n) is 13.1. The molecular formula is C19H19N3O2. The maximum Gasteiger partial charge on any atom is 0.240 e. The van der Waals surface area contributed by atoms with Crippen LogP contribution in [0.5, 0.6) is 0 Å². The van der Waals surface area contributed by atoms with Crippen molar-refractivity contribution in [3.63, 3.8) is 0 Å². The molecule has 1 amide bonds. The van der Waals surface area contributed by atoms with E-state index in [9.17, 15) is 9.90 Å². The SMILES string of the molecule is N=Cc1cccc2c1ccn2CC(=O)NCC(O)c1ccccc1. The molecule has 0 bridgehead atoms. The Labute approximate surface area is 140 Å². The predicted octanol–water partition coefficient (Wildman–Crippen LogP) is 2.49. The minimum Gasteiger partial charge on any atom is -0.387 e. The van der Waals surface area contributed by atoms with Crippen LogP contribution in [0.1, 0.15) is 17.2 Å². The second-order valence-corrected chi connectivity index (χ2v) is 5.60. The number of carbonyl (C=O) groups is 1. The molecule has 0 aliphatic rings. The molecule has 122 valence electrons. The van der Waals surface area contributed by atoms with Crippen LogP contribution in [-0.4, -0.2) is 28.3 Å². The third-order valence-corrected chi connectivity index (χ3v) is 3.99. The Balaban J connectivity index is 1.64. The molecule has 0 aliphatic heterocycles. The number of rotatable bonds is 6. The van der Waals surface area contributed by atoms with Crippen LogP contribution in [0.3, 0.4) is 0 Å². The van der Waals surface area contributed by atoms with Crippen molar-refractivity contribution in [1.82, 2.24) is 9.88 Å². The quantitative estimate of drug-likeness (QED) is 0.610. The molecule has 3 rings (SSSR count). The van der Waals surface area contributed by atoms with Gasteiger partial charge in [-0.2, -0.15) is 0 Å². The number of amides is 1. The van der Waals surface area contributed by atoms with E-state index in [1.165, 1.54) is 6.21 Å². The second-order valence-electron chi connectivity index (χ2n) is 5.60. The van der Waals surface area contributed by atoms with Crippen LogP contribution in [0.2, 0.25) is 0 Å². The largest absolute Gasteiger partial charge is 0.387 e. The van der Waals surface area contributed by atoms with Crippen molar-refractivity contribution in [1.29, 1.82) is 5.41 Å². The summed E-state index contributed by atoms with van der Waals surface area (Å²) in [5, 5.41) is 21.2. The van der Waals surface area contributed by atoms with Crippen molar-refractivity contribution in [3.8, 4) is 0 Å². The van der Waals surface area contributed by atoms with Crippen LogP contribution in [-0.2, 0) is 11.3 Å². The van der Waals surface area contributed by atoms with Gasteiger partial charge in [-0.15, -0.1) is 0 Å². The van der Waals surface area contributed by atoms with Gasteiger partial charge in [-0.05, 0) is 17.7 Å². The number of aliphatic hydroxyl groups excluding tert-OH is 1. The lowest BCUT2D eigenvalue weighted by Gasteiger charge is -2.13. The van der Waals surface area contributed by atoms with E-state index < -0.39 is 6.10 Å². The maximum absolute atomic E-state index is 12.2. The summed E-state index contributed by atoms with van der Waals surface area (Å²) in [4.78, 5) is 12.2. The van der Waals surface area contributed by atoms with Gasteiger partial charge in [-0.25, -0.2) is 0 Å². The minimum absolute atomic E-state index is 0.164. The highest BCUT2D eigenvalue weighted by Crippen LogP contribution is 2.19. The van der Waals surface area contributed by atoms with Crippen molar-refractivity contribution in [2.24, 2.45) is 0 Å². The number of hydrogen-bond donors (Lipinski definition) is 3. The van der Waals surface area contributed by atoms with Crippen molar-refractivity contribution in [3.05, 3.63) is 71.9 Å². The molecule has 5 nitrogen and oxygen atoms in total. The summed E-state index contributed by atoms with van der Waals surface area (Å²) in [5.74, 6) is -0.164. The molecule has 5 heteroatoms. The molecule has 1 unspecified atom stereocenters. The van der Waals surface area contributed by atoms with E-state index in [1.54, 1.807) is 0 Å². The third kappa shape index (κ3) is 3.36. The van der Waals surface area contributed by atoms with E-state index in [0.717, 1.165) is 22.0 Å². The molecule has 2 aromatic carbocycles. The molecule has 3 aromatic rings. The van der Waals surface area contributed by atoms with E-state index in [-0.39, 0.29) is 19.0 Å². The van der Waals surface area contributed by atoms with Crippen LogP contribution >= 0.6 is 0 Å². The molecule has 0 saturated heterocycles. The Bertz CT molecular complexity index is 855. The molecule has 0 fully saturated rings. The van der Waals surface area contributed by atoms with Gasteiger partial charge < -0.3 is 20.4 Å².